The second-order valence-corrected chi connectivity index (χ2v) is 10.1. The Labute approximate surface area is 242 Å². The van der Waals surface area contributed by atoms with E-state index in [1.54, 1.807) is 24.3 Å². The molecule has 1 aliphatic rings. The summed E-state index contributed by atoms with van der Waals surface area (Å²) in [6, 6.07) is 12.9. The highest BCUT2D eigenvalue weighted by atomic mass is 79.9. The Morgan fingerprint density at radius 3 is 2.46 bits per heavy atom. The molecule has 4 rings (SSSR count). The van der Waals surface area contributed by atoms with E-state index in [1.165, 1.54) is 31.4 Å². The monoisotopic (exact) mass is 651 g/mol. The number of benzene rings is 3. The number of alkyl halides is 3. The van der Waals surface area contributed by atoms with Crippen molar-refractivity contribution in [3.05, 3.63) is 91.3 Å². The quantitative estimate of drug-likeness (QED) is 0.159. The lowest BCUT2D eigenvalue weighted by Gasteiger charge is -2.13. The number of ether oxygens (including phenoxy) is 2. The lowest BCUT2D eigenvalue weighted by atomic mass is 10.1. The third-order valence-corrected chi connectivity index (χ3v) is 7.11. The maximum atomic E-state index is 13.0. The van der Waals surface area contributed by atoms with Crippen LogP contribution in [0.1, 0.15) is 11.1 Å². The van der Waals surface area contributed by atoms with Crippen LogP contribution < -0.4 is 14.8 Å². The van der Waals surface area contributed by atoms with E-state index in [-0.39, 0.29) is 16.4 Å². The van der Waals surface area contributed by atoms with Crippen LogP contribution in [-0.4, -0.2) is 40.5 Å². The zero-order valence-corrected chi connectivity index (χ0v) is 23.1. The molecule has 0 radical (unpaired) electrons. The third kappa shape index (κ3) is 6.86. The van der Waals surface area contributed by atoms with Crippen molar-refractivity contribution in [1.29, 1.82) is 0 Å². The first-order chi connectivity index (χ1) is 19.4. The Hall–Kier alpha value is -4.37. The first-order valence-corrected chi connectivity index (χ1v) is 13.0. The predicted octanol–water partition coefficient (Wildman–Crippen LogP) is 6.85. The maximum Gasteiger partial charge on any atom is 0.416 e. The molecular formula is C26H17BrF3N3O7S. The summed E-state index contributed by atoms with van der Waals surface area (Å²) in [7, 11) is 1.27. The number of imide groups is 1. The van der Waals surface area contributed by atoms with Gasteiger partial charge in [0.15, 0.2) is 11.5 Å². The number of nitro benzene ring substituents is 1. The van der Waals surface area contributed by atoms with Crippen molar-refractivity contribution < 1.29 is 42.0 Å². The minimum Gasteiger partial charge on any atom is -0.493 e. The van der Waals surface area contributed by atoms with Crippen molar-refractivity contribution >= 4 is 62.2 Å². The molecule has 0 bridgehead atoms. The molecule has 1 saturated heterocycles. The van der Waals surface area contributed by atoms with E-state index in [0.29, 0.717) is 39.6 Å². The molecular weight excluding hydrogens is 635 g/mol. The number of hydrogen-bond acceptors (Lipinski definition) is 8. The zero-order valence-electron chi connectivity index (χ0n) is 20.7. The van der Waals surface area contributed by atoms with Gasteiger partial charge in [0.25, 0.3) is 11.1 Å². The standard InChI is InChI=1S/C26H17BrF3N3O7S/c1-39-21-10-14(6-8-20(21)40-19-9-7-15(26(28,29)30)12-18(19)33(37)38)11-22-24(35)32(25(36)41-22)13-23(34)31-17-5-3-2-4-16(17)27/h2-12H,13H2,1H3,(H,31,34)/b22-11+. The molecule has 212 valence electrons. The molecule has 41 heavy (non-hydrogen) atoms. The minimum atomic E-state index is -4.79. The number of amides is 3. The number of thioether (sulfide) groups is 1. The molecule has 10 nitrogen and oxygen atoms in total. The number of nitrogens with zero attached hydrogens (tertiary/aromatic N) is 2. The summed E-state index contributed by atoms with van der Waals surface area (Å²) in [6.07, 6.45) is -3.41. The Kier molecular flexibility index (Phi) is 8.68. The third-order valence-electron chi connectivity index (χ3n) is 5.51. The van der Waals surface area contributed by atoms with Crippen molar-refractivity contribution in [2.45, 2.75) is 6.18 Å². The summed E-state index contributed by atoms with van der Waals surface area (Å²) >= 11 is 3.92. The fraction of sp³-hybridized carbons (Fsp3) is 0.115. The highest BCUT2D eigenvalue weighted by Gasteiger charge is 2.37. The fourth-order valence-electron chi connectivity index (χ4n) is 3.58. The van der Waals surface area contributed by atoms with Gasteiger partial charge in [0, 0.05) is 10.5 Å². The van der Waals surface area contributed by atoms with Crippen LogP contribution in [0.15, 0.2) is 70.0 Å². The molecule has 3 aromatic carbocycles. The lowest BCUT2D eigenvalue weighted by molar-refractivity contribution is -0.385. The van der Waals surface area contributed by atoms with Gasteiger partial charge in [-0.25, -0.2) is 0 Å². The van der Waals surface area contributed by atoms with Crippen molar-refractivity contribution in [2.24, 2.45) is 0 Å². The van der Waals surface area contributed by atoms with E-state index in [4.69, 9.17) is 9.47 Å². The molecule has 1 N–H and O–H groups in total. The molecule has 15 heteroatoms. The molecule has 0 atom stereocenters. The average Bonchev–Trinajstić information content (AvgIpc) is 3.17. The highest BCUT2D eigenvalue weighted by molar-refractivity contribution is 9.10. The normalized spacial score (nSPS) is 14.4. The van der Waals surface area contributed by atoms with E-state index < -0.39 is 51.7 Å². The SMILES string of the molecule is COc1cc(/C=C2/SC(=O)N(CC(=O)Nc3ccccc3Br)C2=O)ccc1Oc1ccc(C(F)(F)F)cc1[N+](=O)[O-]. The van der Waals surface area contributed by atoms with Gasteiger partial charge in [-0.1, -0.05) is 18.2 Å². The number of para-hydroxylation sites is 1. The van der Waals surface area contributed by atoms with Crippen LogP contribution in [0.5, 0.6) is 17.2 Å². The van der Waals surface area contributed by atoms with Gasteiger partial charge in [-0.3, -0.25) is 29.4 Å². The first kappa shape index (κ1) is 29.6. The van der Waals surface area contributed by atoms with Crippen LogP contribution in [0, 0.1) is 10.1 Å². The highest BCUT2D eigenvalue weighted by Crippen LogP contribution is 2.41. The van der Waals surface area contributed by atoms with Crippen LogP contribution in [0.3, 0.4) is 0 Å². The van der Waals surface area contributed by atoms with Crippen molar-refractivity contribution in [1.82, 2.24) is 4.90 Å². The number of methoxy groups -OCH3 is 1. The van der Waals surface area contributed by atoms with Gasteiger partial charge in [0.05, 0.1) is 28.2 Å². The molecule has 0 unspecified atom stereocenters. The Morgan fingerprint density at radius 2 is 1.80 bits per heavy atom. The summed E-state index contributed by atoms with van der Waals surface area (Å²) in [5.74, 6) is -1.73. The second kappa shape index (κ2) is 12.0. The largest absolute Gasteiger partial charge is 0.493 e. The molecule has 0 aromatic heterocycles. The van der Waals surface area contributed by atoms with E-state index >= 15 is 0 Å². The van der Waals surface area contributed by atoms with Crippen LogP contribution in [0.2, 0.25) is 0 Å². The number of nitrogens with one attached hydrogen (secondary N) is 1. The number of carbonyl (C=O) groups is 3. The summed E-state index contributed by atoms with van der Waals surface area (Å²) in [5.41, 5.74) is -1.27. The summed E-state index contributed by atoms with van der Waals surface area (Å²) in [5, 5.41) is 13.3. The maximum absolute atomic E-state index is 13.0. The lowest BCUT2D eigenvalue weighted by Crippen LogP contribution is -2.36. The summed E-state index contributed by atoms with van der Waals surface area (Å²) in [4.78, 5) is 49.0. The molecule has 3 amide bonds. The first-order valence-electron chi connectivity index (χ1n) is 11.4. The van der Waals surface area contributed by atoms with Crippen LogP contribution in [-0.2, 0) is 15.8 Å². The second-order valence-electron chi connectivity index (χ2n) is 8.25. The molecule has 0 aliphatic carbocycles. The Bertz CT molecular complexity index is 1600. The Morgan fingerprint density at radius 1 is 1.10 bits per heavy atom. The van der Waals surface area contributed by atoms with E-state index in [9.17, 15) is 37.7 Å². The molecule has 1 heterocycles. The van der Waals surface area contributed by atoms with Crippen molar-refractivity contribution in [2.75, 3.05) is 19.0 Å². The summed E-state index contributed by atoms with van der Waals surface area (Å²) in [6.45, 7) is -0.509. The minimum absolute atomic E-state index is 0.0257. The van der Waals surface area contributed by atoms with E-state index in [0.717, 1.165) is 11.0 Å². The average molecular weight is 652 g/mol. The number of nitro groups is 1. The van der Waals surface area contributed by atoms with Crippen molar-refractivity contribution in [3.63, 3.8) is 0 Å². The van der Waals surface area contributed by atoms with Crippen molar-refractivity contribution in [3.8, 4) is 17.2 Å². The molecule has 0 saturated carbocycles. The van der Waals surface area contributed by atoms with Gasteiger partial charge in [-0.2, -0.15) is 13.2 Å². The molecule has 1 fully saturated rings. The number of carbonyl (C=O) groups excluding carboxylic acids is 3. The van der Waals surface area contributed by atoms with Crippen LogP contribution >= 0.6 is 27.7 Å². The van der Waals surface area contributed by atoms with Crippen LogP contribution in [0.25, 0.3) is 6.08 Å². The van der Waals surface area contributed by atoms with E-state index in [1.807, 2.05) is 0 Å². The Balaban J connectivity index is 1.52. The fourth-order valence-corrected chi connectivity index (χ4v) is 4.81. The van der Waals surface area contributed by atoms with Gasteiger partial charge >= 0.3 is 11.9 Å². The van der Waals surface area contributed by atoms with Gasteiger partial charge < -0.3 is 14.8 Å². The number of halogens is 4. The molecule has 3 aromatic rings. The number of hydrogen-bond donors (Lipinski definition) is 1. The smallest absolute Gasteiger partial charge is 0.416 e. The number of anilines is 1. The van der Waals surface area contributed by atoms with Crippen LogP contribution in [0.4, 0.5) is 29.3 Å². The van der Waals surface area contributed by atoms with Gasteiger partial charge in [0.2, 0.25) is 11.7 Å². The topological polar surface area (TPSA) is 128 Å². The van der Waals surface area contributed by atoms with Gasteiger partial charge in [-0.05, 0) is 75.7 Å². The predicted molar refractivity (Wildman–Crippen MR) is 147 cm³/mol. The molecule has 0 spiro atoms. The summed E-state index contributed by atoms with van der Waals surface area (Å²) < 4.78 is 50.4. The van der Waals surface area contributed by atoms with Gasteiger partial charge in [-0.15, -0.1) is 0 Å². The number of rotatable bonds is 8. The van der Waals surface area contributed by atoms with E-state index in [2.05, 4.69) is 21.2 Å². The molecule has 1 aliphatic heterocycles. The zero-order chi connectivity index (χ0) is 29.9. The van der Waals surface area contributed by atoms with Gasteiger partial charge in [0.1, 0.15) is 6.54 Å².